The number of carbonyl (C=O) groups is 1. The summed E-state index contributed by atoms with van der Waals surface area (Å²) in [6, 6.07) is 9.27. The third-order valence-corrected chi connectivity index (χ3v) is 3.06. The monoisotopic (exact) mass is 285 g/mol. The van der Waals surface area contributed by atoms with Crippen LogP contribution in [-0.2, 0) is 11.3 Å². The molecule has 0 bridgehead atoms. The smallest absolute Gasteiger partial charge is 0.244 e. The summed E-state index contributed by atoms with van der Waals surface area (Å²) >= 11 is 0. The van der Waals surface area contributed by atoms with Gasteiger partial charge in [-0.2, -0.15) is 0 Å². The van der Waals surface area contributed by atoms with E-state index in [9.17, 15) is 4.79 Å². The average Bonchev–Trinajstić information content (AvgIpc) is 3.10. The molecule has 1 aromatic heterocycles. The molecule has 0 spiro atoms. The predicted molar refractivity (Wildman–Crippen MR) is 76.9 cm³/mol. The molecule has 5 nitrogen and oxygen atoms in total. The van der Waals surface area contributed by atoms with Crippen LogP contribution in [0.1, 0.15) is 17.1 Å². The molecule has 0 fully saturated rings. The summed E-state index contributed by atoms with van der Waals surface area (Å²) in [5, 5.41) is 2.80. The maximum atomic E-state index is 11.7. The van der Waals surface area contributed by atoms with Crippen molar-refractivity contribution in [2.45, 2.75) is 13.5 Å². The second-order valence-corrected chi connectivity index (χ2v) is 4.69. The first kappa shape index (κ1) is 13.3. The highest BCUT2D eigenvalue weighted by Crippen LogP contribution is 2.32. The fraction of sp³-hybridized carbons (Fsp3) is 0.188. The summed E-state index contributed by atoms with van der Waals surface area (Å²) in [5.41, 5.74) is 0.954. The van der Waals surface area contributed by atoms with E-state index in [2.05, 4.69) is 5.32 Å². The largest absolute Gasteiger partial charge is 0.462 e. The van der Waals surface area contributed by atoms with Crippen molar-refractivity contribution in [1.82, 2.24) is 5.32 Å². The topological polar surface area (TPSA) is 60.7 Å². The summed E-state index contributed by atoms with van der Waals surface area (Å²) in [6.45, 7) is 2.53. The van der Waals surface area contributed by atoms with E-state index in [-0.39, 0.29) is 12.7 Å². The van der Waals surface area contributed by atoms with Crippen molar-refractivity contribution in [3.63, 3.8) is 0 Å². The number of fused-ring (bicyclic) bond motifs is 1. The molecule has 3 rings (SSSR count). The van der Waals surface area contributed by atoms with Crippen molar-refractivity contribution >= 4 is 12.0 Å². The molecule has 1 amide bonds. The quantitative estimate of drug-likeness (QED) is 0.877. The lowest BCUT2D eigenvalue weighted by Gasteiger charge is -2.03. The Balaban J connectivity index is 1.55. The summed E-state index contributed by atoms with van der Waals surface area (Å²) < 4.78 is 15.9. The van der Waals surface area contributed by atoms with Crippen LogP contribution >= 0.6 is 0 Å². The molecule has 0 atom stereocenters. The minimum atomic E-state index is -0.179. The van der Waals surface area contributed by atoms with Crippen LogP contribution in [0, 0.1) is 6.92 Å². The third kappa shape index (κ3) is 3.25. The van der Waals surface area contributed by atoms with E-state index in [1.165, 1.54) is 6.08 Å². The molecule has 5 heteroatoms. The number of rotatable bonds is 4. The fourth-order valence-corrected chi connectivity index (χ4v) is 2.00. The number of benzene rings is 1. The van der Waals surface area contributed by atoms with E-state index in [1.807, 2.05) is 37.3 Å². The molecule has 1 aromatic carbocycles. The van der Waals surface area contributed by atoms with E-state index in [4.69, 9.17) is 13.9 Å². The lowest BCUT2D eigenvalue weighted by Crippen LogP contribution is -2.20. The van der Waals surface area contributed by atoms with Crippen LogP contribution in [0.4, 0.5) is 0 Å². The van der Waals surface area contributed by atoms with Crippen LogP contribution in [-0.4, -0.2) is 12.7 Å². The van der Waals surface area contributed by atoms with Gasteiger partial charge in [0.1, 0.15) is 11.5 Å². The molecular weight excluding hydrogens is 270 g/mol. The average molecular weight is 285 g/mol. The fourth-order valence-electron chi connectivity index (χ4n) is 2.00. The predicted octanol–water partition coefficient (Wildman–Crippen LogP) is 2.65. The molecular formula is C16H15NO4. The van der Waals surface area contributed by atoms with Crippen molar-refractivity contribution in [3.8, 4) is 11.5 Å². The first-order chi connectivity index (χ1) is 10.2. The van der Waals surface area contributed by atoms with Crippen LogP contribution < -0.4 is 14.8 Å². The van der Waals surface area contributed by atoms with Gasteiger partial charge in [0.15, 0.2) is 11.5 Å². The highest BCUT2D eigenvalue weighted by Gasteiger charge is 2.13. The van der Waals surface area contributed by atoms with Gasteiger partial charge < -0.3 is 19.2 Å². The van der Waals surface area contributed by atoms with Gasteiger partial charge in [-0.15, -0.1) is 0 Å². The molecule has 0 saturated carbocycles. The van der Waals surface area contributed by atoms with Crippen LogP contribution in [0.25, 0.3) is 6.08 Å². The van der Waals surface area contributed by atoms with Gasteiger partial charge in [-0.1, -0.05) is 6.07 Å². The Labute approximate surface area is 122 Å². The number of hydrogen-bond acceptors (Lipinski definition) is 4. The number of ether oxygens (including phenoxy) is 2. The zero-order valence-corrected chi connectivity index (χ0v) is 11.6. The lowest BCUT2D eigenvalue weighted by atomic mass is 10.2. The van der Waals surface area contributed by atoms with Crippen LogP contribution in [0.2, 0.25) is 0 Å². The molecule has 1 N–H and O–H groups in total. The zero-order chi connectivity index (χ0) is 14.7. The first-order valence-electron chi connectivity index (χ1n) is 6.61. The SMILES string of the molecule is Cc1ccc(C=CC(=O)NCc2ccc3c(c2)OCO3)o1. The second kappa shape index (κ2) is 5.75. The summed E-state index contributed by atoms with van der Waals surface area (Å²) in [4.78, 5) is 11.7. The second-order valence-electron chi connectivity index (χ2n) is 4.69. The lowest BCUT2D eigenvalue weighted by molar-refractivity contribution is -0.116. The molecule has 0 saturated heterocycles. The maximum Gasteiger partial charge on any atom is 0.244 e. The minimum absolute atomic E-state index is 0.179. The van der Waals surface area contributed by atoms with Crippen LogP contribution in [0.5, 0.6) is 11.5 Å². The standard InChI is InChI=1S/C16H15NO4/c1-11-2-4-13(21-11)5-7-16(18)17-9-12-3-6-14-15(8-12)20-10-19-14/h2-8H,9-10H2,1H3,(H,17,18). The van der Waals surface area contributed by atoms with Crippen molar-refractivity contribution in [2.24, 2.45) is 0 Å². The number of nitrogens with one attached hydrogen (secondary N) is 1. The van der Waals surface area contributed by atoms with E-state index in [0.29, 0.717) is 18.1 Å². The van der Waals surface area contributed by atoms with Gasteiger partial charge in [0.25, 0.3) is 0 Å². The van der Waals surface area contributed by atoms with Gasteiger partial charge in [0.05, 0.1) is 0 Å². The van der Waals surface area contributed by atoms with Crippen molar-refractivity contribution in [1.29, 1.82) is 0 Å². The Kier molecular flexibility index (Phi) is 3.64. The summed E-state index contributed by atoms with van der Waals surface area (Å²) in [7, 11) is 0. The molecule has 1 aliphatic rings. The number of hydrogen-bond donors (Lipinski definition) is 1. The Morgan fingerprint density at radius 1 is 1.24 bits per heavy atom. The number of amides is 1. The van der Waals surface area contributed by atoms with Gasteiger partial charge in [0, 0.05) is 12.6 Å². The van der Waals surface area contributed by atoms with E-state index >= 15 is 0 Å². The van der Waals surface area contributed by atoms with Crippen molar-refractivity contribution in [3.05, 3.63) is 53.5 Å². The molecule has 2 aromatic rings. The summed E-state index contributed by atoms with van der Waals surface area (Å²) in [6.07, 6.45) is 3.09. The number of carbonyl (C=O) groups excluding carboxylic acids is 1. The normalized spacial score (nSPS) is 12.8. The maximum absolute atomic E-state index is 11.7. The highest BCUT2D eigenvalue weighted by atomic mass is 16.7. The molecule has 108 valence electrons. The Hall–Kier alpha value is -2.69. The van der Waals surface area contributed by atoms with Crippen LogP contribution in [0.15, 0.2) is 40.8 Å². The first-order valence-corrected chi connectivity index (χ1v) is 6.61. The van der Waals surface area contributed by atoms with Crippen LogP contribution in [0.3, 0.4) is 0 Å². The van der Waals surface area contributed by atoms with Gasteiger partial charge in [-0.05, 0) is 42.8 Å². The molecule has 21 heavy (non-hydrogen) atoms. The Morgan fingerprint density at radius 2 is 2.10 bits per heavy atom. The number of aryl methyl sites for hydroxylation is 1. The Morgan fingerprint density at radius 3 is 2.90 bits per heavy atom. The van der Waals surface area contributed by atoms with Crippen molar-refractivity contribution in [2.75, 3.05) is 6.79 Å². The molecule has 0 radical (unpaired) electrons. The highest BCUT2D eigenvalue weighted by molar-refractivity contribution is 5.91. The third-order valence-electron chi connectivity index (χ3n) is 3.06. The summed E-state index contributed by atoms with van der Waals surface area (Å²) in [5.74, 6) is 2.74. The van der Waals surface area contributed by atoms with Gasteiger partial charge in [-0.3, -0.25) is 4.79 Å². The van der Waals surface area contributed by atoms with Gasteiger partial charge in [0.2, 0.25) is 12.7 Å². The number of furan rings is 1. The molecule has 1 aliphatic heterocycles. The van der Waals surface area contributed by atoms with E-state index in [1.54, 1.807) is 6.08 Å². The van der Waals surface area contributed by atoms with E-state index in [0.717, 1.165) is 17.1 Å². The zero-order valence-electron chi connectivity index (χ0n) is 11.6. The van der Waals surface area contributed by atoms with Gasteiger partial charge >= 0.3 is 0 Å². The van der Waals surface area contributed by atoms with Gasteiger partial charge in [-0.25, -0.2) is 0 Å². The van der Waals surface area contributed by atoms with Crippen molar-refractivity contribution < 1.29 is 18.7 Å². The minimum Gasteiger partial charge on any atom is -0.462 e. The van der Waals surface area contributed by atoms with E-state index < -0.39 is 0 Å². The molecule has 0 aliphatic carbocycles. The molecule has 0 unspecified atom stereocenters. The molecule has 2 heterocycles. The Bertz CT molecular complexity index is 687.